The molecule has 0 aliphatic rings. The van der Waals surface area contributed by atoms with Crippen LogP contribution >= 0.6 is 11.3 Å². The molecule has 0 aliphatic heterocycles. The summed E-state index contributed by atoms with van der Waals surface area (Å²) in [4.78, 5) is 15.9. The van der Waals surface area contributed by atoms with Crippen LogP contribution in [0.25, 0.3) is 10.7 Å². The minimum absolute atomic E-state index is 0.0524. The summed E-state index contributed by atoms with van der Waals surface area (Å²) in [7, 11) is 0. The maximum atomic E-state index is 10.5. The first kappa shape index (κ1) is 11.8. The molecule has 0 aliphatic carbocycles. The summed E-state index contributed by atoms with van der Waals surface area (Å²) in [6.07, 6.45) is 0.750. The second kappa shape index (κ2) is 5.09. The molecular weight excluding hydrogens is 238 g/mol. The van der Waals surface area contributed by atoms with Gasteiger partial charge in [0, 0.05) is 12.8 Å². The minimum Gasteiger partial charge on any atom is -0.481 e. The molecular formula is C11H13N3O2S. The molecule has 0 spiro atoms. The highest BCUT2D eigenvalue weighted by molar-refractivity contribution is 7.13. The first-order valence-electron chi connectivity index (χ1n) is 5.32. The summed E-state index contributed by atoms with van der Waals surface area (Å²) in [5.41, 5.74) is 0. The van der Waals surface area contributed by atoms with E-state index < -0.39 is 5.97 Å². The fourth-order valence-corrected chi connectivity index (χ4v) is 2.26. The Bertz CT molecular complexity index is 493. The highest BCUT2D eigenvalue weighted by atomic mass is 32.1. The third kappa shape index (κ3) is 3.13. The third-order valence-corrected chi connectivity index (χ3v) is 3.20. The zero-order valence-electron chi connectivity index (χ0n) is 9.38. The maximum absolute atomic E-state index is 10.5. The lowest BCUT2D eigenvalue weighted by molar-refractivity contribution is -0.137. The summed E-state index contributed by atoms with van der Waals surface area (Å²) in [5, 5.41) is 17.6. The number of H-pyrrole nitrogens is 1. The fraction of sp³-hybridized carbons (Fsp3) is 0.364. The summed E-state index contributed by atoms with van der Waals surface area (Å²) in [5.74, 6) is 0.687. The van der Waals surface area contributed by atoms with Gasteiger partial charge < -0.3 is 5.11 Å². The summed E-state index contributed by atoms with van der Waals surface area (Å²) < 4.78 is 0. The van der Waals surface area contributed by atoms with E-state index in [2.05, 4.69) is 15.2 Å². The molecule has 0 aromatic carbocycles. The van der Waals surface area contributed by atoms with Crippen molar-refractivity contribution in [2.45, 2.75) is 19.8 Å². The van der Waals surface area contributed by atoms with Crippen molar-refractivity contribution in [2.75, 3.05) is 0 Å². The van der Waals surface area contributed by atoms with Gasteiger partial charge in [-0.05, 0) is 17.4 Å². The molecule has 0 saturated heterocycles. The summed E-state index contributed by atoms with van der Waals surface area (Å²) in [6.45, 7) is 1.89. The standard InChI is InChI=1S/C11H13N3O2S/c1-7(6-10(15)16)5-9-12-11(14-13-9)8-3-2-4-17-8/h2-4,7H,5-6H2,1H3,(H,15,16)(H,12,13,14). The van der Waals surface area contributed by atoms with E-state index in [9.17, 15) is 4.79 Å². The molecule has 2 N–H and O–H groups in total. The van der Waals surface area contributed by atoms with Crippen LogP contribution in [0.5, 0.6) is 0 Å². The van der Waals surface area contributed by atoms with Gasteiger partial charge in [-0.1, -0.05) is 13.0 Å². The molecule has 2 heterocycles. The van der Waals surface area contributed by atoms with Crippen molar-refractivity contribution < 1.29 is 9.90 Å². The quantitative estimate of drug-likeness (QED) is 0.853. The molecule has 1 unspecified atom stereocenters. The molecule has 0 amide bonds. The number of nitrogens with zero attached hydrogens (tertiary/aromatic N) is 2. The monoisotopic (exact) mass is 251 g/mol. The Morgan fingerprint density at radius 1 is 1.65 bits per heavy atom. The van der Waals surface area contributed by atoms with Gasteiger partial charge in [0.2, 0.25) is 0 Å². The lowest BCUT2D eigenvalue weighted by Gasteiger charge is -2.04. The van der Waals surface area contributed by atoms with Gasteiger partial charge in [-0.3, -0.25) is 9.89 Å². The molecule has 0 fully saturated rings. The van der Waals surface area contributed by atoms with Crippen LogP contribution in [-0.2, 0) is 11.2 Å². The van der Waals surface area contributed by atoms with Gasteiger partial charge in [0.25, 0.3) is 0 Å². The van der Waals surface area contributed by atoms with Crippen LogP contribution in [0.2, 0.25) is 0 Å². The van der Waals surface area contributed by atoms with Gasteiger partial charge in [-0.2, -0.15) is 5.10 Å². The van der Waals surface area contributed by atoms with E-state index in [0.29, 0.717) is 12.2 Å². The number of aromatic nitrogens is 3. The van der Waals surface area contributed by atoms with Crippen molar-refractivity contribution in [3.05, 3.63) is 23.3 Å². The van der Waals surface area contributed by atoms with Gasteiger partial charge in [0.1, 0.15) is 5.82 Å². The van der Waals surface area contributed by atoms with E-state index in [1.807, 2.05) is 24.4 Å². The Hall–Kier alpha value is -1.69. The molecule has 6 heteroatoms. The van der Waals surface area contributed by atoms with Crippen LogP contribution in [0.1, 0.15) is 19.2 Å². The first-order chi connectivity index (χ1) is 8.15. The number of carboxylic acids is 1. The van der Waals surface area contributed by atoms with Gasteiger partial charge in [-0.25, -0.2) is 4.98 Å². The summed E-state index contributed by atoms with van der Waals surface area (Å²) >= 11 is 1.58. The lowest BCUT2D eigenvalue weighted by atomic mass is 10.0. The zero-order valence-corrected chi connectivity index (χ0v) is 10.2. The Labute approximate surface area is 103 Å². The van der Waals surface area contributed by atoms with Crippen LogP contribution < -0.4 is 0 Å². The molecule has 2 aromatic rings. The Kier molecular flexibility index (Phi) is 3.53. The number of nitrogens with one attached hydrogen (secondary N) is 1. The van der Waals surface area contributed by atoms with Crippen molar-refractivity contribution in [3.8, 4) is 10.7 Å². The molecule has 0 radical (unpaired) electrons. The highest BCUT2D eigenvalue weighted by Crippen LogP contribution is 2.21. The average molecular weight is 251 g/mol. The Balaban J connectivity index is 2.01. The fourth-order valence-electron chi connectivity index (χ4n) is 1.60. The van der Waals surface area contributed by atoms with Gasteiger partial charge in [0.05, 0.1) is 4.88 Å². The average Bonchev–Trinajstić information content (AvgIpc) is 2.84. The Morgan fingerprint density at radius 2 is 2.47 bits per heavy atom. The number of hydrogen-bond acceptors (Lipinski definition) is 4. The Morgan fingerprint density at radius 3 is 3.12 bits per heavy atom. The number of carboxylic acid groups (broad SMARTS) is 1. The lowest BCUT2D eigenvalue weighted by Crippen LogP contribution is -2.07. The number of rotatable bonds is 5. The van der Waals surface area contributed by atoms with Gasteiger partial charge in [-0.15, -0.1) is 11.3 Å². The van der Waals surface area contributed by atoms with Crippen LogP contribution in [-0.4, -0.2) is 26.3 Å². The van der Waals surface area contributed by atoms with Gasteiger partial charge in [0.15, 0.2) is 5.82 Å². The van der Waals surface area contributed by atoms with E-state index in [4.69, 9.17) is 5.11 Å². The van der Waals surface area contributed by atoms with Crippen LogP contribution in [0, 0.1) is 5.92 Å². The number of carbonyl (C=O) groups is 1. The van der Waals surface area contributed by atoms with Crippen molar-refractivity contribution in [2.24, 2.45) is 5.92 Å². The SMILES string of the molecule is CC(CC(=O)O)Cc1nc(-c2cccs2)n[nH]1. The molecule has 1 atom stereocenters. The van der Waals surface area contributed by atoms with Crippen molar-refractivity contribution in [1.82, 2.24) is 15.2 Å². The molecule has 0 saturated carbocycles. The highest BCUT2D eigenvalue weighted by Gasteiger charge is 2.12. The predicted molar refractivity (Wildman–Crippen MR) is 64.8 cm³/mol. The van der Waals surface area contributed by atoms with Crippen molar-refractivity contribution in [1.29, 1.82) is 0 Å². The zero-order chi connectivity index (χ0) is 12.3. The topological polar surface area (TPSA) is 78.9 Å². The number of thiophene rings is 1. The second-order valence-electron chi connectivity index (χ2n) is 3.99. The van der Waals surface area contributed by atoms with Gasteiger partial charge >= 0.3 is 5.97 Å². The van der Waals surface area contributed by atoms with E-state index in [-0.39, 0.29) is 12.3 Å². The van der Waals surface area contributed by atoms with Crippen molar-refractivity contribution >= 4 is 17.3 Å². The molecule has 5 nitrogen and oxygen atoms in total. The van der Waals surface area contributed by atoms with Crippen LogP contribution in [0.4, 0.5) is 0 Å². The smallest absolute Gasteiger partial charge is 0.303 e. The van der Waals surface area contributed by atoms with Crippen LogP contribution in [0.3, 0.4) is 0 Å². The molecule has 0 bridgehead atoms. The number of aromatic amines is 1. The molecule has 2 aromatic heterocycles. The number of hydrogen-bond donors (Lipinski definition) is 2. The van der Waals surface area contributed by atoms with Crippen molar-refractivity contribution in [3.63, 3.8) is 0 Å². The maximum Gasteiger partial charge on any atom is 0.303 e. The molecule has 17 heavy (non-hydrogen) atoms. The molecule has 90 valence electrons. The van der Waals surface area contributed by atoms with E-state index in [0.717, 1.165) is 10.7 Å². The third-order valence-electron chi connectivity index (χ3n) is 2.34. The number of aliphatic carboxylic acids is 1. The largest absolute Gasteiger partial charge is 0.481 e. The second-order valence-corrected chi connectivity index (χ2v) is 4.94. The van der Waals surface area contributed by atoms with E-state index in [1.165, 1.54) is 0 Å². The summed E-state index contributed by atoms with van der Waals surface area (Å²) in [6, 6.07) is 3.90. The van der Waals surface area contributed by atoms with E-state index >= 15 is 0 Å². The first-order valence-corrected chi connectivity index (χ1v) is 6.20. The predicted octanol–water partition coefficient (Wildman–Crippen LogP) is 2.19. The van der Waals surface area contributed by atoms with E-state index in [1.54, 1.807) is 11.3 Å². The molecule has 2 rings (SSSR count). The van der Waals surface area contributed by atoms with Crippen LogP contribution in [0.15, 0.2) is 17.5 Å². The minimum atomic E-state index is -0.782. The normalized spacial score (nSPS) is 12.5.